The number of halogens is 2. The molecule has 0 aromatic heterocycles. The van der Waals surface area contributed by atoms with E-state index in [1.54, 1.807) is 19.2 Å². The van der Waals surface area contributed by atoms with Crippen LogP contribution in [0.15, 0.2) is 60.7 Å². The summed E-state index contributed by atoms with van der Waals surface area (Å²) in [6.07, 6.45) is 0. The monoisotopic (exact) mass is 464 g/mol. The second-order valence-electron chi connectivity index (χ2n) is 6.22. The van der Waals surface area contributed by atoms with Crippen LogP contribution in [-0.2, 0) is 19.2 Å². The molecular weight excluding hydrogens is 435 g/mol. The van der Waals surface area contributed by atoms with Gasteiger partial charge in [0.15, 0.2) is 0 Å². The van der Waals surface area contributed by atoms with E-state index in [2.05, 4.69) is 96.0 Å². The molecule has 0 nitrogen and oxygen atoms in total. The third-order valence-electron chi connectivity index (χ3n) is 4.23. The molecule has 0 fully saturated rings. The van der Waals surface area contributed by atoms with Crippen molar-refractivity contribution in [1.82, 2.24) is 0 Å². The Morgan fingerprint density at radius 3 is 1.25 bits per heavy atom. The molecule has 0 bridgehead atoms. The van der Waals surface area contributed by atoms with Crippen LogP contribution in [0, 0.1) is 42.5 Å². The molecule has 0 atom stereocenters. The Labute approximate surface area is 197 Å². The van der Waals surface area contributed by atoms with Crippen molar-refractivity contribution in [1.29, 1.82) is 0 Å². The van der Waals surface area contributed by atoms with E-state index in [1.807, 2.05) is 0 Å². The number of fused-ring (bicyclic) bond motifs is 2. The van der Waals surface area contributed by atoms with Gasteiger partial charge in [-0.05, 0) is 13.8 Å². The first kappa shape index (κ1) is 31.9. The molecule has 4 aromatic rings. The van der Waals surface area contributed by atoms with Crippen LogP contribution in [0.1, 0.15) is 22.3 Å². The van der Waals surface area contributed by atoms with Gasteiger partial charge in [-0.25, -0.2) is 0 Å². The van der Waals surface area contributed by atoms with Crippen molar-refractivity contribution in [3.63, 3.8) is 0 Å². The van der Waals surface area contributed by atoms with Crippen LogP contribution in [0.25, 0.3) is 21.5 Å². The van der Waals surface area contributed by atoms with E-state index in [1.165, 1.54) is 43.8 Å². The van der Waals surface area contributed by atoms with Crippen LogP contribution < -0.4 is 0 Å². The number of benzene rings is 2. The molecule has 0 spiro atoms. The van der Waals surface area contributed by atoms with Gasteiger partial charge in [0.05, 0.1) is 0 Å². The molecular formula is C24H30Cl2SiTi-4. The molecule has 0 aliphatic rings. The van der Waals surface area contributed by atoms with Crippen LogP contribution in [0.4, 0.5) is 0 Å². The summed E-state index contributed by atoms with van der Waals surface area (Å²) >= 11 is 1.81. The summed E-state index contributed by atoms with van der Waals surface area (Å²) in [6.45, 7) is 8.59. The van der Waals surface area contributed by atoms with Gasteiger partial charge < -0.3 is 14.9 Å². The Hall–Kier alpha value is -0.829. The maximum atomic E-state index is 2.97. The number of hydrogen-bond acceptors (Lipinski definition) is 0. The molecule has 0 saturated carbocycles. The van der Waals surface area contributed by atoms with Gasteiger partial charge in [0.2, 0.25) is 0 Å². The van der Waals surface area contributed by atoms with E-state index < -0.39 is 0 Å². The van der Waals surface area contributed by atoms with E-state index in [0.717, 1.165) is 0 Å². The van der Waals surface area contributed by atoms with Gasteiger partial charge in [0, 0.05) is 0 Å². The fraction of sp³-hybridized carbons (Fsp3) is 0.167. The molecule has 0 unspecified atom stereocenters. The molecule has 0 aliphatic carbocycles. The summed E-state index contributed by atoms with van der Waals surface area (Å²) in [5.74, 6) is 0. The minimum atomic E-state index is 0. The minimum absolute atomic E-state index is 0. The molecule has 0 N–H and O–H groups in total. The number of hydrogen-bond donors (Lipinski definition) is 0. The Bertz CT molecular complexity index is 876. The molecule has 0 saturated heterocycles. The van der Waals surface area contributed by atoms with E-state index in [-0.39, 0.29) is 39.7 Å². The maximum absolute atomic E-state index is 2.97. The first-order valence-electron chi connectivity index (χ1n) is 8.05. The second kappa shape index (κ2) is 15.1. The van der Waals surface area contributed by atoms with E-state index in [4.69, 9.17) is 0 Å². The van der Waals surface area contributed by atoms with Crippen molar-refractivity contribution in [2.24, 2.45) is 0 Å². The fourth-order valence-electron chi connectivity index (χ4n) is 3.08. The predicted octanol–water partition coefficient (Wildman–Crippen LogP) is 7.71. The summed E-state index contributed by atoms with van der Waals surface area (Å²) in [4.78, 5) is 0. The SMILES string of the molecule is Cc1cc2c(C)cccc2[cH-]1.Cc1cc2c(C)cccc2[cH-]1.Cl.Cl.[CH3-].[CH3-].[Si]=[Ti]. The molecule has 28 heavy (non-hydrogen) atoms. The topological polar surface area (TPSA) is 0 Å². The van der Waals surface area contributed by atoms with E-state index in [9.17, 15) is 0 Å². The fourth-order valence-corrected chi connectivity index (χ4v) is 3.08. The summed E-state index contributed by atoms with van der Waals surface area (Å²) in [5.41, 5.74) is 5.45. The van der Waals surface area contributed by atoms with Gasteiger partial charge in [-0.1, -0.05) is 37.1 Å². The summed E-state index contributed by atoms with van der Waals surface area (Å²) < 4.78 is 0. The number of aryl methyl sites for hydroxylation is 4. The third kappa shape index (κ3) is 7.89. The van der Waals surface area contributed by atoms with Gasteiger partial charge in [0.1, 0.15) is 0 Å². The molecule has 0 heterocycles. The molecule has 152 valence electrons. The van der Waals surface area contributed by atoms with Crippen molar-refractivity contribution < 1.29 is 19.2 Å². The summed E-state index contributed by atoms with van der Waals surface area (Å²) in [6, 6.07) is 21.8. The Morgan fingerprint density at radius 1 is 0.643 bits per heavy atom. The van der Waals surface area contributed by atoms with E-state index in [0.29, 0.717) is 0 Å². The zero-order chi connectivity index (χ0) is 17.7. The van der Waals surface area contributed by atoms with Crippen molar-refractivity contribution in [2.75, 3.05) is 0 Å². The third-order valence-corrected chi connectivity index (χ3v) is 4.23. The molecule has 0 amide bonds. The van der Waals surface area contributed by atoms with Gasteiger partial charge >= 0.3 is 26.8 Å². The van der Waals surface area contributed by atoms with Gasteiger partial charge in [-0.2, -0.15) is 12.1 Å². The predicted molar refractivity (Wildman–Crippen MR) is 131 cm³/mol. The Balaban J connectivity index is -0.000000363. The van der Waals surface area contributed by atoms with Gasteiger partial charge in [0.25, 0.3) is 0 Å². The van der Waals surface area contributed by atoms with Crippen molar-refractivity contribution in [3.8, 4) is 0 Å². The molecule has 4 rings (SSSR count). The van der Waals surface area contributed by atoms with Crippen LogP contribution in [0.3, 0.4) is 0 Å². The van der Waals surface area contributed by atoms with Crippen LogP contribution in [-0.4, -0.2) is 7.63 Å². The van der Waals surface area contributed by atoms with Crippen LogP contribution in [0.2, 0.25) is 0 Å². The average Bonchev–Trinajstić information content (AvgIpc) is 3.13. The van der Waals surface area contributed by atoms with Crippen molar-refractivity contribution in [3.05, 3.63) is 97.8 Å². The quantitative estimate of drug-likeness (QED) is 0.184. The molecule has 2 radical (unpaired) electrons. The van der Waals surface area contributed by atoms with Crippen LogP contribution in [0.5, 0.6) is 0 Å². The average molecular weight is 465 g/mol. The zero-order valence-corrected chi connectivity index (χ0v) is 21.8. The second-order valence-corrected chi connectivity index (χ2v) is 6.22. The Morgan fingerprint density at radius 2 is 0.964 bits per heavy atom. The molecule has 4 aromatic carbocycles. The summed E-state index contributed by atoms with van der Waals surface area (Å²) in [7, 11) is 2.97. The molecule has 0 aliphatic heterocycles. The standard InChI is InChI=1S/2C11H11.2CH3.2ClH.Si.Ti/c2*1-8-6-10-5-3-4-9(2)11(10)7-8;;;;;;/h2*3-7H,1-2H3;2*1H3;2*1H;;/q4*-1;;;;. The van der Waals surface area contributed by atoms with E-state index >= 15 is 0 Å². The first-order valence-corrected chi connectivity index (χ1v) is 10.9. The van der Waals surface area contributed by atoms with Crippen molar-refractivity contribution in [2.45, 2.75) is 27.7 Å². The summed E-state index contributed by atoms with van der Waals surface area (Å²) in [5, 5.41) is 5.51. The van der Waals surface area contributed by atoms with Crippen molar-refractivity contribution >= 4 is 54.0 Å². The van der Waals surface area contributed by atoms with Gasteiger partial charge in [-0.3, -0.25) is 0 Å². The number of rotatable bonds is 0. The van der Waals surface area contributed by atoms with Gasteiger partial charge in [-0.15, -0.1) is 93.9 Å². The normalized spacial score (nSPS) is 8.54. The zero-order valence-electron chi connectivity index (χ0n) is 17.6. The first-order chi connectivity index (χ1) is 11.5. The van der Waals surface area contributed by atoms with Crippen LogP contribution >= 0.6 is 24.8 Å². The molecule has 4 heteroatoms. The Kier molecular flexibility index (Phi) is 17.1.